The second-order valence-electron chi connectivity index (χ2n) is 7.45. The Morgan fingerprint density at radius 2 is 1.64 bits per heavy atom. The first-order chi connectivity index (χ1) is 15.6. The smallest absolute Gasteiger partial charge is 0.326 e. The van der Waals surface area contributed by atoms with Crippen LogP contribution in [-0.4, -0.2) is 81.9 Å². The van der Waals surface area contributed by atoms with Crippen molar-refractivity contribution < 1.29 is 29.4 Å². The fourth-order valence-electron chi connectivity index (χ4n) is 2.83. The van der Waals surface area contributed by atoms with Crippen LogP contribution in [0.2, 0.25) is 0 Å². The van der Waals surface area contributed by atoms with E-state index in [0.29, 0.717) is 5.75 Å². The molecule has 0 bridgehead atoms. The highest BCUT2D eigenvalue weighted by Gasteiger charge is 2.32. The van der Waals surface area contributed by atoms with Crippen LogP contribution in [0.25, 0.3) is 0 Å². The van der Waals surface area contributed by atoms with Crippen LogP contribution < -0.4 is 21.7 Å². The molecule has 10 nitrogen and oxygen atoms in total. The lowest BCUT2D eigenvalue weighted by Gasteiger charge is -2.26. The number of carbonyl (C=O) groups excluding carboxylic acids is 3. The standard InChI is InChI=1S/C21H32N4O6S2/c1-12(26)17(20(29)23-15(21(30)31)8-9-33-2)25-19(28)16(24-18(27)14(22)11-32)10-13-6-4-3-5-7-13/h3-7,12,14-17,26,32H,8-11,22H2,1-2H3,(H,23,29)(H,24,27)(H,25,28)(H,30,31). The van der Waals surface area contributed by atoms with E-state index in [1.165, 1.54) is 18.7 Å². The highest BCUT2D eigenvalue weighted by Crippen LogP contribution is 2.07. The first kappa shape index (κ1) is 28.8. The Morgan fingerprint density at radius 1 is 1.03 bits per heavy atom. The first-order valence-corrected chi connectivity index (χ1v) is 12.3. The molecule has 0 spiro atoms. The predicted molar refractivity (Wildman–Crippen MR) is 130 cm³/mol. The Hall–Kier alpha value is -2.28. The van der Waals surface area contributed by atoms with Crippen LogP contribution in [0.5, 0.6) is 0 Å². The van der Waals surface area contributed by atoms with Crippen molar-refractivity contribution in [2.24, 2.45) is 5.73 Å². The van der Waals surface area contributed by atoms with Gasteiger partial charge in [-0.05, 0) is 30.9 Å². The molecule has 0 saturated carbocycles. The number of carboxylic acids is 1. The van der Waals surface area contributed by atoms with Crippen molar-refractivity contribution in [2.75, 3.05) is 17.8 Å². The molecule has 0 radical (unpaired) electrons. The number of hydrogen-bond donors (Lipinski definition) is 7. The van der Waals surface area contributed by atoms with E-state index < -0.39 is 54.0 Å². The van der Waals surface area contributed by atoms with Crippen LogP contribution >= 0.6 is 24.4 Å². The monoisotopic (exact) mass is 500 g/mol. The van der Waals surface area contributed by atoms with Gasteiger partial charge in [-0.1, -0.05) is 30.3 Å². The molecule has 0 heterocycles. The molecule has 0 fully saturated rings. The largest absolute Gasteiger partial charge is 0.480 e. The molecule has 5 unspecified atom stereocenters. The maximum atomic E-state index is 13.0. The zero-order valence-corrected chi connectivity index (χ0v) is 20.3. The summed E-state index contributed by atoms with van der Waals surface area (Å²) in [5.74, 6) is -2.82. The Balaban J connectivity index is 3.01. The second kappa shape index (κ2) is 14.8. The fourth-order valence-corrected chi connectivity index (χ4v) is 3.47. The molecular weight excluding hydrogens is 468 g/mol. The topological polar surface area (TPSA) is 171 Å². The van der Waals surface area contributed by atoms with Gasteiger partial charge in [0.1, 0.15) is 18.1 Å². The SMILES string of the molecule is CSCCC(NC(=O)C(NC(=O)C(Cc1ccccc1)NC(=O)C(N)CS)C(C)O)C(=O)O. The number of aliphatic hydroxyl groups is 1. The molecule has 1 aromatic carbocycles. The van der Waals surface area contributed by atoms with Gasteiger partial charge in [-0.25, -0.2) is 4.79 Å². The molecule has 33 heavy (non-hydrogen) atoms. The van der Waals surface area contributed by atoms with Crippen LogP contribution in [-0.2, 0) is 25.6 Å². The number of carbonyl (C=O) groups is 4. The zero-order valence-electron chi connectivity index (χ0n) is 18.6. The maximum Gasteiger partial charge on any atom is 0.326 e. The summed E-state index contributed by atoms with van der Waals surface area (Å²) in [6, 6.07) is 4.27. The molecule has 184 valence electrons. The third-order valence-corrected chi connectivity index (χ3v) is 5.77. The van der Waals surface area contributed by atoms with Crippen molar-refractivity contribution in [3.05, 3.63) is 35.9 Å². The molecule has 0 aliphatic carbocycles. The van der Waals surface area contributed by atoms with E-state index in [0.717, 1.165) is 5.56 Å². The minimum Gasteiger partial charge on any atom is -0.480 e. The van der Waals surface area contributed by atoms with Crippen molar-refractivity contribution >= 4 is 48.1 Å². The third-order valence-electron chi connectivity index (χ3n) is 4.74. The first-order valence-electron chi connectivity index (χ1n) is 10.3. The lowest BCUT2D eigenvalue weighted by Crippen LogP contribution is -2.60. The highest BCUT2D eigenvalue weighted by molar-refractivity contribution is 7.98. The van der Waals surface area contributed by atoms with Crippen LogP contribution in [0, 0.1) is 0 Å². The van der Waals surface area contributed by atoms with Crippen LogP contribution in [0.15, 0.2) is 30.3 Å². The number of aliphatic carboxylic acids is 1. The summed E-state index contributed by atoms with van der Waals surface area (Å²) in [5, 5.41) is 26.8. The molecule has 0 saturated heterocycles. The Kier molecular flexibility index (Phi) is 12.9. The summed E-state index contributed by atoms with van der Waals surface area (Å²) in [6.45, 7) is 1.30. The molecule has 7 N–H and O–H groups in total. The van der Waals surface area contributed by atoms with Gasteiger partial charge in [0, 0.05) is 12.2 Å². The molecule has 3 amide bonds. The minimum atomic E-state index is -1.43. The maximum absolute atomic E-state index is 13.0. The van der Waals surface area contributed by atoms with Gasteiger partial charge >= 0.3 is 5.97 Å². The summed E-state index contributed by atoms with van der Waals surface area (Å²) >= 11 is 5.41. The van der Waals surface area contributed by atoms with E-state index in [1.807, 2.05) is 0 Å². The average molecular weight is 501 g/mol. The molecule has 1 aromatic rings. The van der Waals surface area contributed by atoms with E-state index in [9.17, 15) is 29.4 Å². The van der Waals surface area contributed by atoms with E-state index in [1.54, 1.807) is 36.6 Å². The Morgan fingerprint density at radius 3 is 2.15 bits per heavy atom. The van der Waals surface area contributed by atoms with Gasteiger partial charge in [-0.2, -0.15) is 24.4 Å². The van der Waals surface area contributed by atoms with E-state index in [-0.39, 0.29) is 18.6 Å². The van der Waals surface area contributed by atoms with Gasteiger partial charge in [-0.3, -0.25) is 14.4 Å². The average Bonchev–Trinajstić information content (AvgIpc) is 2.78. The zero-order chi connectivity index (χ0) is 25.0. The van der Waals surface area contributed by atoms with Gasteiger partial charge in [-0.15, -0.1) is 0 Å². The molecule has 0 aromatic heterocycles. The van der Waals surface area contributed by atoms with Crippen molar-refractivity contribution in [1.82, 2.24) is 16.0 Å². The lowest BCUT2D eigenvalue weighted by molar-refractivity contribution is -0.143. The summed E-state index contributed by atoms with van der Waals surface area (Å²) < 4.78 is 0. The number of amides is 3. The van der Waals surface area contributed by atoms with E-state index in [2.05, 4.69) is 28.6 Å². The molecule has 5 atom stereocenters. The number of thiol groups is 1. The van der Waals surface area contributed by atoms with E-state index in [4.69, 9.17) is 5.73 Å². The van der Waals surface area contributed by atoms with Crippen molar-refractivity contribution in [3.8, 4) is 0 Å². The summed E-state index contributed by atoms with van der Waals surface area (Å²) in [7, 11) is 0. The lowest BCUT2D eigenvalue weighted by atomic mass is 10.0. The molecule has 12 heteroatoms. The van der Waals surface area contributed by atoms with Gasteiger partial charge in [0.25, 0.3) is 0 Å². The Bertz CT molecular complexity index is 796. The number of carboxylic acid groups (broad SMARTS) is 1. The number of aliphatic hydroxyl groups excluding tert-OH is 1. The van der Waals surface area contributed by atoms with Crippen molar-refractivity contribution in [3.63, 3.8) is 0 Å². The number of thioether (sulfide) groups is 1. The molecule has 0 aliphatic rings. The quantitative estimate of drug-likeness (QED) is 0.162. The van der Waals surface area contributed by atoms with E-state index >= 15 is 0 Å². The summed E-state index contributed by atoms with van der Waals surface area (Å²) in [5.41, 5.74) is 6.45. The normalized spacial score (nSPS) is 15.4. The number of nitrogens with two attached hydrogens (primary N) is 1. The van der Waals surface area contributed by atoms with Crippen LogP contribution in [0.4, 0.5) is 0 Å². The number of rotatable bonds is 14. The Labute approximate surface area is 202 Å². The van der Waals surface area contributed by atoms with Crippen molar-refractivity contribution in [2.45, 2.75) is 50.0 Å². The molecular formula is C21H32N4O6S2. The number of nitrogens with one attached hydrogen (secondary N) is 3. The molecule has 0 aliphatic heterocycles. The van der Waals surface area contributed by atoms with Gasteiger partial charge in [0.05, 0.1) is 12.1 Å². The van der Waals surface area contributed by atoms with Crippen LogP contribution in [0.1, 0.15) is 18.9 Å². The third kappa shape index (κ3) is 10.0. The summed E-state index contributed by atoms with van der Waals surface area (Å²) in [6.07, 6.45) is 0.769. The summed E-state index contributed by atoms with van der Waals surface area (Å²) in [4.78, 5) is 49.4. The second-order valence-corrected chi connectivity index (χ2v) is 8.80. The van der Waals surface area contributed by atoms with Crippen LogP contribution in [0.3, 0.4) is 0 Å². The van der Waals surface area contributed by atoms with Gasteiger partial charge in [0.15, 0.2) is 0 Å². The fraction of sp³-hybridized carbons (Fsp3) is 0.524. The van der Waals surface area contributed by atoms with Crippen molar-refractivity contribution in [1.29, 1.82) is 0 Å². The van der Waals surface area contributed by atoms with Gasteiger partial charge < -0.3 is 31.9 Å². The number of benzene rings is 1. The van der Waals surface area contributed by atoms with Gasteiger partial charge in [0.2, 0.25) is 17.7 Å². The minimum absolute atomic E-state index is 0.0663. The predicted octanol–water partition coefficient (Wildman–Crippen LogP) is -0.841. The highest BCUT2D eigenvalue weighted by atomic mass is 32.2. The number of hydrogen-bond acceptors (Lipinski definition) is 8. The molecule has 1 rings (SSSR count).